The highest BCUT2D eigenvalue weighted by molar-refractivity contribution is 6.06. The summed E-state index contributed by atoms with van der Waals surface area (Å²) in [5.41, 5.74) is 2.76. The van der Waals surface area contributed by atoms with Crippen LogP contribution in [0, 0.1) is 0 Å². The molecule has 1 atom stereocenters. The van der Waals surface area contributed by atoms with Crippen LogP contribution in [-0.2, 0) is 11.3 Å². The zero-order chi connectivity index (χ0) is 20.9. The average Bonchev–Trinajstić information content (AvgIpc) is 3.22. The van der Waals surface area contributed by atoms with E-state index in [2.05, 4.69) is 20.7 Å². The van der Waals surface area contributed by atoms with Crippen LogP contribution in [0.1, 0.15) is 41.7 Å². The van der Waals surface area contributed by atoms with Crippen LogP contribution >= 0.6 is 0 Å². The fourth-order valence-corrected chi connectivity index (χ4v) is 3.79. The molecule has 1 fully saturated rings. The van der Waals surface area contributed by atoms with Crippen LogP contribution in [-0.4, -0.2) is 51.6 Å². The molecule has 2 aromatic heterocycles. The van der Waals surface area contributed by atoms with E-state index in [-0.39, 0.29) is 18.6 Å². The lowest BCUT2D eigenvalue weighted by Gasteiger charge is -2.26. The summed E-state index contributed by atoms with van der Waals surface area (Å²) >= 11 is 0. The summed E-state index contributed by atoms with van der Waals surface area (Å²) in [5, 5.41) is 21.6. The first-order valence-electron chi connectivity index (χ1n) is 10.4. The largest absolute Gasteiger partial charge is 0.394 e. The van der Waals surface area contributed by atoms with Gasteiger partial charge in [-0.3, -0.25) is 4.79 Å². The Morgan fingerprint density at radius 2 is 2.03 bits per heavy atom. The van der Waals surface area contributed by atoms with Gasteiger partial charge < -0.3 is 20.5 Å². The van der Waals surface area contributed by atoms with Crippen molar-refractivity contribution in [2.75, 3.05) is 25.1 Å². The molecule has 0 unspecified atom stereocenters. The second-order valence-corrected chi connectivity index (χ2v) is 7.39. The van der Waals surface area contributed by atoms with Gasteiger partial charge in [0.2, 0.25) is 0 Å². The van der Waals surface area contributed by atoms with Gasteiger partial charge in [-0.25, -0.2) is 9.67 Å². The van der Waals surface area contributed by atoms with Crippen molar-refractivity contribution in [3.63, 3.8) is 0 Å². The number of anilines is 1. The number of hydrogen-bond donors (Lipinski definition) is 3. The van der Waals surface area contributed by atoms with Gasteiger partial charge in [0.1, 0.15) is 0 Å². The number of amides is 1. The second kappa shape index (κ2) is 9.23. The molecule has 4 rings (SSSR count). The number of aromatic nitrogens is 3. The number of rotatable bonds is 7. The molecule has 30 heavy (non-hydrogen) atoms. The van der Waals surface area contributed by atoms with Gasteiger partial charge in [-0.1, -0.05) is 30.3 Å². The van der Waals surface area contributed by atoms with Crippen molar-refractivity contribution in [1.29, 1.82) is 0 Å². The first kappa shape index (κ1) is 20.3. The monoisotopic (exact) mass is 409 g/mol. The molecule has 0 radical (unpaired) electrons. The molecule has 3 N–H and O–H groups in total. The van der Waals surface area contributed by atoms with E-state index in [1.54, 1.807) is 12.4 Å². The number of aliphatic hydroxyl groups is 1. The van der Waals surface area contributed by atoms with Crippen LogP contribution in [0.5, 0.6) is 0 Å². The number of pyridine rings is 1. The van der Waals surface area contributed by atoms with Gasteiger partial charge in [0.25, 0.3) is 5.91 Å². The first-order chi connectivity index (χ1) is 14.7. The summed E-state index contributed by atoms with van der Waals surface area (Å²) in [6.45, 7) is 3.90. The lowest BCUT2D eigenvalue weighted by Crippen LogP contribution is -2.33. The van der Waals surface area contributed by atoms with E-state index < -0.39 is 6.04 Å². The number of aliphatic hydroxyl groups excluding tert-OH is 1. The molecule has 0 aliphatic carbocycles. The molecule has 0 saturated carbocycles. The Balaban J connectivity index is 1.67. The van der Waals surface area contributed by atoms with Crippen molar-refractivity contribution in [2.24, 2.45) is 0 Å². The molecule has 1 aliphatic heterocycles. The molecule has 8 heteroatoms. The number of carbonyl (C=O) groups excluding carboxylic acids is 1. The number of fused-ring (bicyclic) bond motifs is 1. The molecular weight excluding hydrogens is 382 g/mol. The Morgan fingerprint density at radius 1 is 1.27 bits per heavy atom. The molecule has 0 bridgehead atoms. The average molecular weight is 409 g/mol. The molecule has 3 aromatic rings. The number of nitrogens with zero attached hydrogens (tertiary/aromatic N) is 3. The van der Waals surface area contributed by atoms with Crippen molar-refractivity contribution < 1.29 is 14.6 Å². The highest BCUT2D eigenvalue weighted by Gasteiger charge is 2.23. The maximum Gasteiger partial charge on any atom is 0.255 e. The lowest BCUT2D eigenvalue weighted by molar-refractivity contribution is 0.0901. The fraction of sp³-hybridized carbons (Fsp3) is 0.409. The number of hydrogen-bond acceptors (Lipinski definition) is 6. The fourth-order valence-electron chi connectivity index (χ4n) is 3.79. The van der Waals surface area contributed by atoms with E-state index in [1.807, 2.05) is 41.9 Å². The standard InChI is InChI=1S/C22H27N5O3/c1-2-27-21-17(13-24-27)20(25-16-8-10-30-11-9-16)18(12-23-21)22(29)26-19(14-28)15-6-4-3-5-7-15/h3-7,12-13,16,19,28H,2,8-11,14H2,1H3,(H,23,25)(H,26,29)/t19-/m0/s1. The third kappa shape index (κ3) is 4.15. The quantitative estimate of drug-likeness (QED) is 0.554. The molecule has 1 amide bonds. The van der Waals surface area contributed by atoms with Crippen LogP contribution in [0.25, 0.3) is 11.0 Å². The topological polar surface area (TPSA) is 101 Å². The summed E-state index contributed by atoms with van der Waals surface area (Å²) in [4.78, 5) is 17.7. The summed E-state index contributed by atoms with van der Waals surface area (Å²) in [5.74, 6) is -0.286. The summed E-state index contributed by atoms with van der Waals surface area (Å²) in [6.07, 6.45) is 5.09. The Bertz CT molecular complexity index is 999. The van der Waals surface area contributed by atoms with E-state index in [0.717, 1.165) is 35.1 Å². The predicted octanol–water partition coefficient (Wildman–Crippen LogP) is 2.51. The third-order valence-corrected chi connectivity index (χ3v) is 5.47. The van der Waals surface area contributed by atoms with Crippen LogP contribution in [0.4, 0.5) is 5.69 Å². The van der Waals surface area contributed by atoms with Gasteiger partial charge in [0.15, 0.2) is 5.65 Å². The van der Waals surface area contributed by atoms with Crippen LogP contribution in [0.15, 0.2) is 42.7 Å². The minimum absolute atomic E-state index is 0.193. The summed E-state index contributed by atoms with van der Waals surface area (Å²) < 4.78 is 7.28. The molecule has 1 aliphatic rings. The number of carbonyl (C=O) groups is 1. The van der Waals surface area contributed by atoms with Crippen LogP contribution in [0.3, 0.4) is 0 Å². The van der Waals surface area contributed by atoms with Gasteiger partial charge in [-0.05, 0) is 25.3 Å². The van der Waals surface area contributed by atoms with Crippen molar-refractivity contribution >= 4 is 22.6 Å². The normalized spacial score (nSPS) is 15.8. The van der Waals surface area contributed by atoms with E-state index in [9.17, 15) is 9.90 Å². The van der Waals surface area contributed by atoms with Crippen molar-refractivity contribution in [3.8, 4) is 0 Å². The Labute approximate surface area is 175 Å². The maximum atomic E-state index is 13.2. The predicted molar refractivity (Wildman–Crippen MR) is 114 cm³/mol. The molecular formula is C22H27N5O3. The summed E-state index contributed by atoms with van der Waals surface area (Å²) in [7, 11) is 0. The van der Waals surface area contributed by atoms with E-state index in [0.29, 0.717) is 25.3 Å². The number of nitrogens with one attached hydrogen (secondary N) is 2. The van der Waals surface area contributed by atoms with Crippen LogP contribution < -0.4 is 10.6 Å². The Kier molecular flexibility index (Phi) is 6.25. The maximum absolute atomic E-state index is 13.2. The third-order valence-electron chi connectivity index (χ3n) is 5.47. The number of benzene rings is 1. The molecule has 158 valence electrons. The van der Waals surface area contributed by atoms with Gasteiger partial charge in [0, 0.05) is 32.0 Å². The Morgan fingerprint density at radius 3 is 2.73 bits per heavy atom. The SMILES string of the molecule is CCn1ncc2c(NC3CCOCC3)c(C(=O)N[C@@H](CO)c3ccccc3)cnc21. The first-order valence-corrected chi connectivity index (χ1v) is 10.4. The Hall–Kier alpha value is -2.97. The zero-order valence-electron chi connectivity index (χ0n) is 17.0. The lowest BCUT2D eigenvalue weighted by atomic mass is 10.0. The van der Waals surface area contributed by atoms with Gasteiger partial charge in [0.05, 0.1) is 35.5 Å². The number of ether oxygens (including phenoxy) is 1. The van der Waals surface area contributed by atoms with Gasteiger partial charge >= 0.3 is 0 Å². The van der Waals surface area contributed by atoms with E-state index in [4.69, 9.17) is 4.74 Å². The molecule has 1 saturated heterocycles. The van der Waals surface area contributed by atoms with E-state index >= 15 is 0 Å². The highest BCUT2D eigenvalue weighted by Crippen LogP contribution is 2.29. The molecule has 8 nitrogen and oxygen atoms in total. The summed E-state index contributed by atoms with van der Waals surface area (Å²) in [6, 6.07) is 9.15. The smallest absolute Gasteiger partial charge is 0.255 e. The van der Waals surface area contributed by atoms with Crippen molar-refractivity contribution in [3.05, 3.63) is 53.9 Å². The minimum atomic E-state index is -0.497. The minimum Gasteiger partial charge on any atom is -0.394 e. The highest BCUT2D eigenvalue weighted by atomic mass is 16.5. The van der Waals surface area contributed by atoms with Crippen molar-refractivity contribution in [2.45, 2.75) is 38.4 Å². The van der Waals surface area contributed by atoms with Crippen LogP contribution in [0.2, 0.25) is 0 Å². The van der Waals surface area contributed by atoms with Gasteiger partial charge in [-0.15, -0.1) is 0 Å². The van der Waals surface area contributed by atoms with Gasteiger partial charge in [-0.2, -0.15) is 5.10 Å². The van der Waals surface area contributed by atoms with Crippen molar-refractivity contribution in [1.82, 2.24) is 20.1 Å². The molecule has 0 spiro atoms. The number of aryl methyl sites for hydroxylation is 1. The molecule has 3 heterocycles. The zero-order valence-corrected chi connectivity index (χ0v) is 17.0. The second-order valence-electron chi connectivity index (χ2n) is 7.39. The van der Waals surface area contributed by atoms with E-state index in [1.165, 1.54) is 0 Å². The molecule has 1 aromatic carbocycles.